The van der Waals surface area contributed by atoms with Crippen molar-refractivity contribution in [3.63, 3.8) is 0 Å². The van der Waals surface area contributed by atoms with Gasteiger partial charge in [-0.1, -0.05) is 6.92 Å². The highest BCUT2D eigenvalue weighted by Crippen LogP contribution is 2.24. The van der Waals surface area contributed by atoms with Crippen LogP contribution in [-0.4, -0.2) is 24.1 Å². The van der Waals surface area contributed by atoms with Gasteiger partial charge in [0.1, 0.15) is 5.75 Å². The highest BCUT2D eigenvalue weighted by Gasteiger charge is 2.06. The maximum atomic E-state index is 11.5. The predicted octanol–water partition coefficient (Wildman–Crippen LogP) is 1.56. The highest BCUT2D eigenvalue weighted by molar-refractivity contribution is 5.93. The molecule has 0 bridgehead atoms. The minimum absolute atomic E-state index is 0.0740. The lowest BCUT2D eigenvalue weighted by Crippen LogP contribution is -2.28. The van der Waals surface area contributed by atoms with Crippen molar-refractivity contribution in [3.05, 3.63) is 23.3 Å². The number of hydrogen-bond acceptors (Lipinski definition) is 3. The van der Waals surface area contributed by atoms with Gasteiger partial charge in [0.2, 0.25) is 5.91 Å². The smallest absolute Gasteiger partial charge is 0.238 e. The molecule has 0 radical (unpaired) electrons. The number of phenolic OH excluding ortho intramolecular Hbond substituents is 1. The third-order valence-electron chi connectivity index (χ3n) is 2.35. The number of benzene rings is 1. The third-order valence-corrected chi connectivity index (χ3v) is 2.35. The van der Waals surface area contributed by atoms with Crippen LogP contribution in [0.5, 0.6) is 5.75 Å². The molecule has 1 aromatic carbocycles. The Balaban J connectivity index is 2.73. The fourth-order valence-electron chi connectivity index (χ4n) is 1.37. The van der Waals surface area contributed by atoms with Gasteiger partial charge >= 0.3 is 0 Å². The molecule has 88 valence electrons. The first-order valence-electron chi connectivity index (χ1n) is 5.35. The number of aryl methyl sites for hydroxylation is 2. The molecule has 0 heterocycles. The number of anilines is 1. The van der Waals surface area contributed by atoms with Gasteiger partial charge in [-0.25, -0.2) is 0 Å². The van der Waals surface area contributed by atoms with E-state index in [9.17, 15) is 9.90 Å². The number of phenols is 1. The van der Waals surface area contributed by atoms with Crippen LogP contribution in [0.3, 0.4) is 0 Å². The van der Waals surface area contributed by atoms with E-state index in [1.54, 1.807) is 19.1 Å². The first kappa shape index (κ1) is 12.5. The number of carbonyl (C=O) groups excluding carboxylic acids is 1. The van der Waals surface area contributed by atoms with Crippen LogP contribution in [0.25, 0.3) is 0 Å². The predicted molar refractivity (Wildman–Crippen MR) is 64.8 cm³/mol. The van der Waals surface area contributed by atoms with Gasteiger partial charge in [0, 0.05) is 5.69 Å². The molecule has 4 nitrogen and oxygen atoms in total. The van der Waals surface area contributed by atoms with Crippen molar-refractivity contribution < 1.29 is 9.90 Å². The van der Waals surface area contributed by atoms with Crippen molar-refractivity contribution in [2.45, 2.75) is 20.8 Å². The molecule has 0 aliphatic rings. The lowest BCUT2D eigenvalue weighted by Gasteiger charge is -2.10. The Morgan fingerprint density at radius 1 is 1.31 bits per heavy atom. The highest BCUT2D eigenvalue weighted by atomic mass is 16.3. The van der Waals surface area contributed by atoms with E-state index in [1.807, 2.05) is 13.8 Å². The number of likely N-dealkylation sites (N-methyl/N-ethyl adjacent to an activating group) is 1. The summed E-state index contributed by atoms with van der Waals surface area (Å²) in [6.07, 6.45) is 0. The summed E-state index contributed by atoms with van der Waals surface area (Å²) >= 11 is 0. The summed E-state index contributed by atoms with van der Waals surface area (Å²) in [5, 5.41) is 15.2. The van der Waals surface area contributed by atoms with Crippen LogP contribution in [0.1, 0.15) is 18.1 Å². The van der Waals surface area contributed by atoms with Gasteiger partial charge in [0.25, 0.3) is 0 Å². The molecule has 0 spiro atoms. The third kappa shape index (κ3) is 3.24. The molecule has 4 heteroatoms. The summed E-state index contributed by atoms with van der Waals surface area (Å²) < 4.78 is 0. The Kier molecular flexibility index (Phi) is 4.31. The Morgan fingerprint density at radius 3 is 2.62 bits per heavy atom. The zero-order chi connectivity index (χ0) is 12.1. The van der Waals surface area contributed by atoms with Gasteiger partial charge < -0.3 is 15.7 Å². The van der Waals surface area contributed by atoms with Crippen molar-refractivity contribution >= 4 is 11.6 Å². The zero-order valence-corrected chi connectivity index (χ0v) is 9.92. The topological polar surface area (TPSA) is 61.4 Å². The molecule has 0 aliphatic carbocycles. The van der Waals surface area contributed by atoms with E-state index in [0.29, 0.717) is 6.54 Å². The second-order valence-electron chi connectivity index (χ2n) is 3.78. The molecule has 1 amide bonds. The van der Waals surface area contributed by atoms with Crippen LogP contribution in [0.15, 0.2) is 12.1 Å². The number of nitrogens with one attached hydrogen (secondary N) is 2. The standard InChI is InChI=1S/C12H18N2O2/c1-4-13-7-12(16)14-10-5-9(3)11(15)6-8(10)2/h5-6,13,15H,4,7H2,1-3H3,(H,14,16). The van der Waals surface area contributed by atoms with Crippen molar-refractivity contribution in [3.8, 4) is 5.75 Å². The Morgan fingerprint density at radius 2 is 2.00 bits per heavy atom. The van der Waals surface area contributed by atoms with Gasteiger partial charge in [0.05, 0.1) is 6.54 Å². The second kappa shape index (κ2) is 5.51. The summed E-state index contributed by atoms with van der Waals surface area (Å²) in [5.74, 6) is 0.178. The summed E-state index contributed by atoms with van der Waals surface area (Å²) in [4.78, 5) is 11.5. The molecular formula is C12H18N2O2. The molecule has 0 atom stereocenters. The van der Waals surface area contributed by atoms with E-state index >= 15 is 0 Å². The van der Waals surface area contributed by atoms with E-state index in [1.165, 1.54) is 0 Å². The number of aromatic hydroxyl groups is 1. The van der Waals surface area contributed by atoms with E-state index < -0.39 is 0 Å². The Hall–Kier alpha value is -1.55. The molecular weight excluding hydrogens is 204 g/mol. The average Bonchev–Trinajstić information content (AvgIpc) is 2.23. The van der Waals surface area contributed by atoms with Gasteiger partial charge in [0.15, 0.2) is 0 Å². The molecule has 0 saturated carbocycles. The van der Waals surface area contributed by atoms with Crippen molar-refractivity contribution in [2.75, 3.05) is 18.4 Å². The van der Waals surface area contributed by atoms with E-state index in [4.69, 9.17) is 0 Å². The maximum absolute atomic E-state index is 11.5. The lowest BCUT2D eigenvalue weighted by atomic mass is 10.1. The van der Waals surface area contributed by atoms with Crippen LogP contribution in [0.2, 0.25) is 0 Å². The van der Waals surface area contributed by atoms with Crippen molar-refractivity contribution in [1.82, 2.24) is 5.32 Å². The number of carbonyl (C=O) groups is 1. The normalized spacial score (nSPS) is 10.2. The number of rotatable bonds is 4. The maximum Gasteiger partial charge on any atom is 0.238 e. The molecule has 0 aliphatic heterocycles. The van der Waals surface area contributed by atoms with Crippen LogP contribution in [0.4, 0.5) is 5.69 Å². The summed E-state index contributed by atoms with van der Waals surface area (Å²) in [6, 6.07) is 3.42. The second-order valence-corrected chi connectivity index (χ2v) is 3.78. The largest absolute Gasteiger partial charge is 0.508 e. The van der Waals surface area contributed by atoms with E-state index in [2.05, 4.69) is 10.6 Å². The first-order chi connectivity index (χ1) is 7.54. The molecule has 0 aromatic heterocycles. The van der Waals surface area contributed by atoms with Crippen LogP contribution in [0, 0.1) is 13.8 Å². The van der Waals surface area contributed by atoms with Gasteiger partial charge in [-0.15, -0.1) is 0 Å². The summed E-state index contributed by atoms with van der Waals surface area (Å²) in [7, 11) is 0. The van der Waals surface area contributed by atoms with Crippen LogP contribution >= 0.6 is 0 Å². The van der Waals surface area contributed by atoms with E-state index in [0.717, 1.165) is 23.4 Å². The fourth-order valence-corrected chi connectivity index (χ4v) is 1.37. The number of hydrogen-bond donors (Lipinski definition) is 3. The fraction of sp³-hybridized carbons (Fsp3) is 0.417. The van der Waals surface area contributed by atoms with Gasteiger partial charge in [-0.3, -0.25) is 4.79 Å². The molecule has 0 unspecified atom stereocenters. The van der Waals surface area contributed by atoms with Crippen LogP contribution < -0.4 is 10.6 Å². The monoisotopic (exact) mass is 222 g/mol. The Labute approximate surface area is 95.7 Å². The molecule has 3 N–H and O–H groups in total. The Bertz CT molecular complexity index is 389. The molecule has 16 heavy (non-hydrogen) atoms. The molecule has 1 rings (SSSR count). The van der Waals surface area contributed by atoms with Crippen molar-refractivity contribution in [1.29, 1.82) is 0 Å². The average molecular weight is 222 g/mol. The molecule has 0 fully saturated rings. The first-order valence-corrected chi connectivity index (χ1v) is 5.35. The summed E-state index contributed by atoms with van der Waals surface area (Å²) in [5.41, 5.74) is 2.36. The minimum atomic E-state index is -0.0740. The van der Waals surface area contributed by atoms with Gasteiger partial charge in [-0.05, 0) is 43.7 Å². The number of amides is 1. The molecule has 1 aromatic rings. The summed E-state index contributed by atoms with van der Waals surface area (Å²) in [6.45, 7) is 6.66. The zero-order valence-electron chi connectivity index (χ0n) is 9.92. The SMILES string of the molecule is CCNCC(=O)Nc1cc(C)c(O)cc1C. The van der Waals surface area contributed by atoms with E-state index in [-0.39, 0.29) is 11.7 Å². The van der Waals surface area contributed by atoms with Gasteiger partial charge in [-0.2, -0.15) is 0 Å². The minimum Gasteiger partial charge on any atom is -0.508 e. The van der Waals surface area contributed by atoms with Crippen molar-refractivity contribution in [2.24, 2.45) is 0 Å². The quantitative estimate of drug-likeness (QED) is 0.677. The lowest BCUT2D eigenvalue weighted by molar-refractivity contribution is -0.115. The molecule has 0 saturated heterocycles. The van der Waals surface area contributed by atoms with Crippen LogP contribution in [-0.2, 0) is 4.79 Å².